The van der Waals surface area contributed by atoms with E-state index in [1.54, 1.807) is 0 Å². The zero-order chi connectivity index (χ0) is 17.1. The van der Waals surface area contributed by atoms with Crippen molar-refractivity contribution in [2.24, 2.45) is 0 Å². The largest absolute Gasteiger partial charge is 0.350 e. The highest BCUT2D eigenvalue weighted by Crippen LogP contribution is 2.29. The van der Waals surface area contributed by atoms with Crippen LogP contribution in [-0.2, 0) is 6.54 Å². The van der Waals surface area contributed by atoms with Crippen molar-refractivity contribution in [3.8, 4) is 0 Å². The first-order valence-corrected chi connectivity index (χ1v) is 8.92. The number of benzene rings is 1. The van der Waals surface area contributed by atoms with Crippen molar-refractivity contribution >= 4 is 39.1 Å². The highest BCUT2D eigenvalue weighted by molar-refractivity contribution is 7.20. The number of aromatic nitrogens is 2. The van der Waals surface area contributed by atoms with Crippen LogP contribution in [0.1, 0.15) is 20.9 Å². The summed E-state index contributed by atoms with van der Waals surface area (Å²) in [6.07, 6.45) is 0. The van der Waals surface area contributed by atoms with E-state index in [4.69, 9.17) is 11.6 Å². The van der Waals surface area contributed by atoms with Crippen molar-refractivity contribution in [1.82, 2.24) is 20.4 Å². The number of nitrogens with one attached hydrogen (secondary N) is 2. The molecule has 3 aromatic rings. The van der Waals surface area contributed by atoms with Gasteiger partial charge in [0.15, 0.2) is 0 Å². The van der Waals surface area contributed by atoms with E-state index >= 15 is 0 Å². The number of hydrogen-bond acceptors (Lipinski definition) is 4. The predicted octanol–water partition coefficient (Wildman–Crippen LogP) is 3.06. The molecule has 0 aliphatic carbocycles. The number of thiophene rings is 1. The van der Waals surface area contributed by atoms with Crippen LogP contribution in [0.3, 0.4) is 0 Å². The van der Waals surface area contributed by atoms with Crippen LogP contribution >= 0.6 is 22.9 Å². The molecule has 3 rings (SSSR count). The van der Waals surface area contributed by atoms with Crippen LogP contribution in [0, 0.1) is 6.92 Å². The lowest BCUT2D eigenvalue weighted by molar-refractivity contribution is 0.0958. The molecule has 0 saturated carbocycles. The number of nitrogens with zero attached hydrogens (tertiary/aromatic N) is 2. The lowest BCUT2D eigenvalue weighted by Gasteiger charge is -2.04. The van der Waals surface area contributed by atoms with Gasteiger partial charge >= 0.3 is 0 Å². The summed E-state index contributed by atoms with van der Waals surface area (Å²) in [5, 5.41) is 12.3. The van der Waals surface area contributed by atoms with Gasteiger partial charge in [0, 0.05) is 23.5 Å². The summed E-state index contributed by atoms with van der Waals surface area (Å²) < 4.78 is 1.95. The number of amides is 1. The van der Waals surface area contributed by atoms with Crippen molar-refractivity contribution < 1.29 is 4.79 Å². The van der Waals surface area contributed by atoms with E-state index in [9.17, 15) is 4.79 Å². The lowest BCUT2D eigenvalue weighted by Crippen LogP contribution is -2.29. The maximum Gasteiger partial charge on any atom is 0.261 e. The molecule has 2 aromatic heterocycles. The molecule has 0 aliphatic heterocycles. The van der Waals surface area contributed by atoms with E-state index in [2.05, 4.69) is 15.7 Å². The molecule has 126 valence electrons. The summed E-state index contributed by atoms with van der Waals surface area (Å²) in [5.74, 6) is -0.0381. The topological polar surface area (TPSA) is 58.9 Å². The average molecular weight is 363 g/mol. The monoisotopic (exact) mass is 362 g/mol. The molecule has 2 heterocycles. The molecule has 7 heteroatoms. The van der Waals surface area contributed by atoms with Gasteiger partial charge in [-0.05, 0) is 37.7 Å². The van der Waals surface area contributed by atoms with E-state index < -0.39 is 0 Å². The van der Waals surface area contributed by atoms with Crippen LogP contribution in [-0.4, -0.2) is 35.8 Å². The molecule has 0 saturated heterocycles. The fourth-order valence-corrected chi connectivity index (χ4v) is 3.69. The standard InChI is InChI=1S/C17H19ClN4OS/c1-11-14-9-15(16(23)20-8-7-19-2)24-17(14)22(21-11)10-12-3-5-13(18)6-4-12/h3-6,9,19H,7-8,10H2,1-2H3,(H,20,23). The quantitative estimate of drug-likeness (QED) is 0.662. The molecule has 0 atom stereocenters. The van der Waals surface area contributed by atoms with Crippen molar-refractivity contribution in [2.45, 2.75) is 13.5 Å². The molecule has 0 radical (unpaired) electrons. The Balaban J connectivity index is 1.84. The minimum atomic E-state index is -0.0381. The maximum absolute atomic E-state index is 12.2. The molecule has 0 fully saturated rings. The summed E-state index contributed by atoms with van der Waals surface area (Å²) >= 11 is 7.41. The van der Waals surface area contributed by atoms with Crippen molar-refractivity contribution in [3.05, 3.63) is 51.5 Å². The summed E-state index contributed by atoms with van der Waals surface area (Å²) in [7, 11) is 1.86. The number of rotatable bonds is 6. The van der Waals surface area contributed by atoms with Crippen LogP contribution in [0.2, 0.25) is 5.02 Å². The number of likely N-dealkylation sites (N-methyl/N-ethyl adjacent to an activating group) is 1. The van der Waals surface area contributed by atoms with Gasteiger partial charge in [-0.1, -0.05) is 23.7 Å². The van der Waals surface area contributed by atoms with Gasteiger partial charge in [-0.2, -0.15) is 5.10 Å². The number of carbonyl (C=O) groups is 1. The number of fused-ring (bicyclic) bond motifs is 1. The molecule has 0 bridgehead atoms. The van der Waals surface area contributed by atoms with Crippen LogP contribution in [0.25, 0.3) is 10.2 Å². The fourth-order valence-electron chi connectivity index (χ4n) is 2.48. The third-order valence-electron chi connectivity index (χ3n) is 3.74. The SMILES string of the molecule is CNCCNC(=O)c1cc2c(C)nn(Cc3ccc(Cl)cc3)c2s1. The highest BCUT2D eigenvalue weighted by Gasteiger charge is 2.16. The molecule has 0 unspecified atom stereocenters. The summed E-state index contributed by atoms with van der Waals surface area (Å²) in [4.78, 5) is 14.0. The minimum absolute atomic E-state index is 0.0381. The molecule has 0 aliphatic rings. The smallest absolute Gasteiger partial charge is 0.261 e. The van der Waals surface area contributed by atoms with E-state index in [0.29, 0.717) is 18.0 Å². The molecule has 0 spiro atoms. The Morgan fingerprint density at radius 3 is 2.75 bits per heavy atom. The Morgan fingerprint density at radius 2 is 2.04 bits per heavy atom. The zero-order valence-corrected chi connectivity index (χ0v) is 15.2. The Kier molecular flexibility index (Phi) is 5.18. The average Bonchev–Trinajstić information content (AvgIpc) is 3.12. The Morgan fingerprint density at radius 1 is 1.29 bits per heavy atom. The third-order valence-corrected chi connectivity index (χ3v) is 5.14. The van der Waals surface area contributed by atoms with Gasteiger partial charge in [-0.3, -0.25) is 9.48 Å². The van der Waals surface area contributed by atoms with Crippen molar-refractivity contribution in [2.75, 3.05) is 20.1 Å². The van der Waals surface area contributed by atoms with Crippen molar-refractivity contribution in [3.63, 3.8) is 0 Å². The first-order chi connectivity index (χ1) is 11.6. The van der Waals surface area contributed by atoms with Gasteiger partial charge < -0.3 is 10.6 Å². The molecular formula is C17H19ClN4OS. The van der Waals surface area contributed by atoms with Gasteiger partial charge in [0.1, 0.15) is 4.83 Å². The lowest BCUT2D eigenvalue weighted by atomic mass is 10.2. The van der Waals surface area contributed by atoms with Gasteiger partial charge in [0.2, 0.25) is 0 Å². The number of aryl methyl sites for hydroxylation is 1. The fraction of sp³-hybridized carbons (Fsp3) is 0.294. The van der Waals surface area contributed by atoms with Crippen LogP contribution in [0.4, 0.5) is 0 Å². The minimum Gasteiger partial charge on any atom is -0.350 e. The van der Waals surface area contributed by atoms with Gasteiger partial charge in [0.05, 0.1) is 17.1 Å². The molecular weight excluding hydrogens is 344 g/mol. The first-order valence-electron chi connectivity index (χ1n) is 7.72. The predicted molar refractivity (Wildman–Crippen MR) is 99.2 cm³/mol. The van der Waals surface area contributed by atoms with Crippen LogP contribution < -0.4 is 10.6 Å². The summed E-state index contributed by atoms with van der Waals surface area (Å²) in [6.45, 7) is 3.98. The Labute approximate surface area is 149 Å². The maximum atomic E-state index is 12.2. The molecule has 1 amide bonds. The third kappa shape index (κ3) is 3.61. The van der Waals surface area contributed by atoms with E-state index in [0.717, 1.165) is 33.0 Å². The Hall–Kier alpha value is -1.89. The van der Waals surface area contributed by atoms with Crippen LogP contribution in [0.5, 0.6) is 0 Å². The summed E-state index contributed by atoms with van der Waals surface area (Å²) in [5.41, 5.74) is 2.06. The van der Waals surface area contributed by atoms with Crippen molar-refractivity contribution in [1.29, 1.82) is 0 Å². The first kappa shape index (κ1) is 17.0. The normalized spacial score (nSPS) is 11.1. The van der Waals surface area contributed by atoms with Gasteiger partial charge in [0.25, 0.3) is 5.91 Å². The second-order valence-corrected chi connectivity index (χ2v) is 7.03. The van der Waals surface area contributed by atoms with Gasteiger partial charge in [-0.15, -0.1) is 11.3 Å². The summed E-state index contributed by atoms with van der Waals surface area (Å²) in [6, 6.07) is 9.66. The van der Waals surface area contributed by atoms with E-state index in [1.165, 1.54) is 11.3 Å². The number of halogens is 1. The second kappa shape index (κ2) is 7.34. The Bertz CT molecular complexity index is 853. The van der Waals surface area contributed by atoms with Crippen LogP contribution in [0.15, 0.2) is 30.3 Å². The van der Waals surface area contributed by atoms with E-state index in [-0.39, 0.29) is 5.91 Å². The number of carbonyl (C=O) groups excluding carboxylic acids is 1. The van der Waals surface area contributed by atoms with Gasteiger partial charge in [-0.25, -0.2) is 0 Å². The molecule has 5 nitrogen and oxygen atoms in total. The number of hydrogen-bond donors (Lipinski definition) is 2. The molecule has 1 aromatic carbocycles. The molecule has 2 N–H and O–H groups in total. The highest BCUT2D eigenvalue weighted by atomic mass is 35.5. The second-order valence-electron chi connectivity index (χ2n) is 5.56. The van der Waals surface area contributed by atoms with E-state index in [1.807, 2.05) is 49.0 Å². The molecule has 24 heavy (non-hydrogen) atoms. The zero-order valence-electron chi connectivity index (χ0n) is 13.6.